The summed E-state index contributed by atoms with van der Waals surface area (Å²) in [4.78, 5) is 18.9. The maximum atomic E-state index is 13.5. The summed E-state index contributed by atoms with van der Waals surface area (Å²) in [5, 5.41) is 10.6. The lowest BCUT2D eigenvalue weighted by Crippen LogP contribution is -2.24. The molecule has 3 rings (SSSR count). The van der Waals surface area contributed by atoms with E-state index in [1.807, 2.05) is 45.9 Å². The summed E-state index contributed by atoms with van der Waals surface area (Å²) >= 11 is 6.51. The molecule has 0 amide bonds. The number of aromatic amines is 1. The van der Waals surface area contributed by atoms with Crippen LogP contribution in [0.5, 0.6) is 0 Å². The average molecular weight is 464 g/mol. The van der Waals surface area contributed by atoms with Crippen molar-refractivity contribution in [3.8, 4) is 6.07 Å². The fraction of sp³-hybridized carbons (Fsp3) is 0.357. The van der Waals surface area contributed by atoms with Gasteiger partial charge in [-0.15, -0.1) is 0 Å². The van der Waals surface area contributed by atoms with Crippen LogP contribution in [0.2, 0.25) is 5.02 Å². The van der Waals surface area contributed by atoms with E-state index in [4.69, 9.17) is 11.6 Å². The number of aromatic nitrogens is 1. The van der Waals surface area contributed by atoms with Crippen molar-refractivity contribution in [3.63, 3.8) is 0 Å². The molecule has 0 fully saturated rings. The molecule has 2 aromatic carbocycles. The molecule has 0 aliphatic rings. The first kappa shape index (κ1) is 26.2. The van der Waals surface area contributed by atoms with Crippen molar-refractivity contribution in [3.05, 3.63) is 75.4 Å². The quantitative estimate of drug-likeness (QED) is 0.349. The third-order valence-corrected chi connectivity index (χ3v) is 5.95. The van der Waals surface area contributed by atoms with Crippen molar-refractivity contribution in [1.29, 1.82) is 5.26 Å². The lowest BCUT2D eigenvalue weighted by atomic mass is 9.95. The Morgan fingerprint density at radius 3 is 2.33 bits per heavy atom. The second-order valence-corrected chi connectivity index (χ2v) is 8.31. The Hall–Kier alpha value is -3.03. The van der Waals surface area contributed by atoms with Crippen LogP contribution in [0.15, 0.2) is 36.9 Å². The molecule has 0 saturated carbocycles. The second-order valence-electron chi connectivity index (χ2n) is 7.91. The van der Waals surface area contributed by atoms with E-state index in [0.717, 1.165) is 59.2 Å². The Bertz CT molecular complexity index is 1190. The largest absolute Gasteiger partial charge is 0.372 e. The van der Waals surface area contributed by atoms with Gasteiger partial charge in [-0.3, -0.25) is 4.79 Å². The average Bonchev–Trinajstić information content (AvgIpc) is 3.25. The number of benzene rings is 2. The van der Waals surface area contributed by atoms with Gasteiger partial charge < -0.3 is 9.88 Å². The Balaban J connectivity index is 0.00000187. The van der Waals surface area contributed by atoms with E-state index in [-0.39, 0.29) is 5.78 Å². The number of carbonyl (C=O) groups is 1. The van der Waals surface area contributed by atoms with Crippen LogP contribution >= 0.6 is 11.6 Å². The van der Waals surface area contributed by atoms with E-state index in [9.17, 15) is 10.1 Å². The first-order valence-corrected chi connectivity index (χ1v) is 12.0. The predicted molar refractivity (Wildman–Crippen MR) is 140 cm³/mol. The Labute approximate surface area is 202 Å². The summed E-state index contributed by atoms with van der Waals surface area (Å²) in [7, 11) is 0. The number of halogens is 1. The zero-order valence-corrected chi connectivity index (χ0v) is 21.4. The summed E-state index contributed by atoms with van der Waals surface area (Å²) in [5.41, 5.74) is 5.90. The van der Waals surface area contributed by atoms with Crippen LogP contribution in [-0.2, 0) is 0 Å². The van der Waals surface area contributed by atoms with Crippen molar-refractivity contribution in [2.45, 2.75) is 54.4 Å². The molecule has 0 aliphatic heterocycles. The summed E-state index contributed by atoms with van der Waals surface area (Å²) in [5.74, 6) is -0.163. The molecule has 0 spiro atoms. The van der Waals surface area contributed by atoms with Crippen LogP contribution in [0.1, 0.15) is 78.8 Å². The van der Waals surface area contributed by atoms with Gasteiger partial charge in [-0.05, 0) is 62.1 Å². The number of ketones is 1. The Morgan fingerprint density at radius 1 is 1.12 bits per heavy atom. The molecule has 5 heteroatoms. The van der Waals surface area contributed by atoms with Crippen LogP contribution in [0.4, 0.5) is 0 Å². The molecule has 4 nitrogen and oxygen atoms in total. The molecule has 174 valence electrons. The number of hydrogen-bond acceptors (Lipinski definition) is 3. The molecule has 3 aromatic rings. The lowest BCUT2D eigenvalue weighted by molar-refractivity contribution is 0.103. The first-order chi connectivity index (χ1) is 15.8. The van der Waals surface area contributed by atoms with E-state index in [0.29, 0.717) is 21.8 Å². The smallest absolute Gasteiger partial charge is 0.210 e. The fourth-order valence-corrected chi connectivity index (χ4v) is 4.39. The Kier molecular flexibility index (Phi) is 9.32. The molecular weight excluding hydrogens is 430 g/mol. The number of aryl methyl sites for hydroxylation is 1. The van der Waals surface area contributed by atoms with Gasteiger partial charge in [0.15, 0.2) is 0 Å². The lowest BCUT2D eigenvalue weighted by Gasteiger charge is -2.27. The zero-order chi connectivity index (χ0) is 24.7. The minimum absolute atomic E-state index is 0.163. The number of rotatable bonds is 8. The van der Waals surface area contributed by atoms with Gasteiger partial charge in [-0.1, -0.05) is 51.9 Å². The predicted octanol–water partition coefficient (Wildman–Crippen LogP) is 7.66. The van der Waals surface area contributed by atoms with Crippen LogP contribution < -0.4 is 0 Å². The van der Waals surface area contributed by atoms with E-state index < -0.39 is 0 Å². The molecule has 0 radical (unpaired) electrons. The minimum Gasteiger partial charge on any atom is -0.372 e. The van der Waals surface area contributed by atoms with Crippen LogP contribution in [0.25, 0.3) is 16.6 Å². The second kappa shape index (κ2) is 11.7. The maximum Gasteiger partial charge on any atom is 0.210 e. The molecule has 0 saturated heterocycles. The summed E-state index contributed by atoms with van der Waals surface area (Å²) in [6.45, 7) is 18.3. The van der Waals surface area contributed by atoms with Crippen molar-refractivity contribution >= 4 is 34.0 Å². The highest BCUT2D eigenvalue weighted by molar-refractivity contribution is 6.35. The van der Waals surface area contributed by atoms with E-state index in [1.165, 1.54) is 0 Å². The molecule has 1 heterocycles. The highest BCUT2D eigenvalue weighted by Crippen LogP contribution is 2.31. The number of nitriles is 1. The van der Waals surface area contributed by atoms with Crippen LogP contribution in [0, 0.1) is 25.2 Å². The number of nitrogens with one attached hydrogen (secondary N) is 1. The van der Waals surface area contributed by atoms with E-state index in [2.05, 4.69) is 36.4 Å². The zero-order valence-electron chi connectivity index (χ0n) is 20.6. The van der Waals surface area contributed by atoms with Gasteiger partial charge in [0, 0.05) is 40.8 Å². The summed E-state index contributed by atoms with van der Waals surface area (Å²) in [6.07, 6.45) is 2.05. The summed E-state index contributed by atoms with van der Waals surface area (Å²) in [6, 6.07) is 11.3. The van der Waals surface area contributed by atoms with Gasteiger partial charge in [0.25, 0.3) is 0 Å². The number of carbonyl (C=O) groups excluding carboxylic acids is 1. The highest BCUT2D eigenvalue weighted by atomic mass is 35.5. The highest BCUT2D eigenvalue weighted by Gasteiger charge is 2.22. The van der Waals surface area contributed by atoms with Crippen molar-refractivity contribution in [1.82, 2.24) is 9.88 Å². The van der Waals surface area contributed by atoms with Crippen LogP contribution in [-0.4, -0.2) is 28.8 Å². The van der Waals surface area contributed by atoms with Crippen molar-refractivity contribution < 1.29 is 4.79 Å². The molecule has 1 N–H and O–H groups in total. The molecule has 33 heavy (non-hydrogen) atoms. The number of nitrogens with zero attached hydrogens (tertiary/aromatic N) is 2. The van der Waals surface area contributed by atoms with E-state index >= 15 is 0 Å². The molecule has 0 bridgehead atoms. The Morgan fingerprint density at radius 2 is 1.76 bits per heavy atom. The monoisotopic (exact) mass is 463 g/mol. The number of H-pyrrole nitrogens is 1. The van der Waals surface area contributed by atoms with Gasteiger partial charge in [0.1, 0.15) is 0 Å². The van der Waals surface area contributed by atoms with Gasteiger partial charge >= 0.3 is 0 Å². The topological polar surface area (TPSA) is 59.9 Å². The molecule has 0 atom stereocenters. The molecule has 0 unspecified atom stereocenters. The molecule has 1 aromatic heterocycles. The van der Waals surface area contributed by atoms with E-state index in [1.54, 1.807) is 12.1 Å². The fourth-order valence-electron chi connectivity index (χ4n) is 4.10. The normalized spacial score (nSPS) is 10.4. The maximum absolute atomic E-state index is 13.5. The SMILES string of the molecule is C=C(c1ccc(Cl)c(C(=O)c2cc3c(C)cc(C#N)cc3[nH]2)c1C)N(CCC)CCC.CC. The van der Waals surface area contributed by atoms with Gasteiger partial charge in [0.2, 0.25) is 5.78 Å². The van der Waals surface area contributed by atoms with Gasteiger partial charge in [0.05, 0.1) is 22.3 Å². The first-order valence-electron chi connectivity index (χ1n) is 11.6. The number of hydrogen-bond donors (Lipinski definition) is 1. The number of fused-ring (bicyclic) bond motifs is 1. The third-order valence-electron chi connectivity index (χ3n) is 5.64. The minimum atomic E-state index is -0.163. The van der Waals surface area contributed by atoms with Crippen LogP contribution in [0.3, 0.4) is 0 Å². The third kappa shape index (κ3) is 5.49. The van der Waals surface area contributed by atoms with Crippen molar-refractivity contribution in [2.24, 2.45) is 0 Å². The van der Waals surface area contributed by atoms with Gasteiger partial charge in [-0.25, -0.2) is 0 Å². The van der Waals surface area contributed by atoms with Gasteiger partial charge in [-0.2, -0.15) is 5.26 Å². The summed E-state index contributed by atoms with van der Waals surface area (Å²) < 4.78 is 0. The standard InChI is InChI=1S/C26H28ClN3O.C2H6/c1-6-10-30(11-7-2)18(5)20-8-9-22(27)25(17(20)4)26(31)24-14-21-16(3)12-19(15-28)13-23(21)29-24;1-2/h8-9,12-14,29H,5-7,10-11H2,1-4H3;1-2H3. The molecule has 0 aliphatic carbocycles. The molecular formula is C28H34ClN3O. The van der Waals surface area contributed by atoms with Crippen molar-refractivity contribution in [2.75, 3.05) is 13.1 Å².